The minimum absolute atomic E-state index is 0.0318. The molecule has 3 aromatic carbocycles. The van der Waals surface area contributed by atoms with Crippen LogP contribution in [0.25, 0.3) is 11.1 Å². The number of ether oxygens (including phenoxy) is 3. The Kier molecular flexibility index (Phi) is 11.6. The van der Waals surface area contributed by atoms with Crippen LogP contribution in [-0.4, -0.2) is 56.5 Å². The summed E-state index contributed by atoms with van der Waals surface area (Å²) in [5.74, 6) is -0.891. The Hall–Kier alpha value is -2.69. The number of aliphatic hydroxyl groups excluding tert-OH is 1. The first-order chi connectivity index (χ1) is 22.3. The number of rotatable bonds is 9. The van der Waals surface area contributed by atoms with Crippen molar-refractivity contribution in [2.45, 2.75) is 87.1 Å². The molecule has 0 radical (unpaired) electrons. The molecule has 0 aliphatic carbocycles. The van der Waals surface area contributed by atoms with Crippen molar-refractivity contribution in [3.8, 4) is 11.1 Å². The molecule has 11 heteroatoms. The van der Waals surface area contributed by atoms with Gasteiger partial charge in [0.05, 0.1) is 18.8 Å². The molecule has 4 atom stereocenters. The Bertz CT molecular complexity index is 1520. The molecule has 5 rings (SSSR count). The van der Waals surface area contributed by atoms with Crippen LogP contribution in [0.15, 0.2) is 72.8 Å². The maximum atomic E-state index is 13.0. The molecule has 2 aliphatic heterocycles. The van der Waals surface area contributed by atoms with Gasteiger partial charge in [0.25, 0.3) is 9.70 Å². The van der Waals surface area contributed by atoms with E-state index in [1.165, 1.54) is 0 Å². The molecule has 2 saturated heterocycles. The van der Waals surface area contributed by atoms with Gasteiger partial charge in [-0.2, -0.15) is 0 Å². The highest BCUT2D eigenvalue weighted by molar-refractivity contribution is 6.76. The van der Waals surface area contributed by atoms with E-state index < -0.39 is 21.6 Å². The molecule has 3 aromatic rings. The standard InChI is InChI=1S/C36H41Cl3N2O6/c1-35(2,3)47-32(43)30-9-6-18-41(30)21-28-19-31(25-12-10-23(22-42)11-13-25)46-33(45-28)26-16-14-24(15-17-26)29-8-5-4-7-27(29)20-40-34(44)36(37,38)39/h4-5,7-8,10-17,28,30-31,33,42H,6,9,18-22H2,1-3H3,(H,40,44)/t28-,30-,31+,33+/m0/s1. The number of carbonyl (C=O) groups excluding carboxylic acids is 2. The van der Waals surface area contributed by atoms with Crippen LogP contribution in [0.5, 0.6) is 0 Å². The molecule has 1 amide bonds. The highest BCUT2D eigenvalue weighted by atomic mass is 35.6. The van der Waals surface area contributed by atoms with Crippen molar-refractivity contribution in [2.24, 2.45) is 0 Å². The predicted molar refractivity (Wildman–Crippen MR) is 183 cm³/mol. The molecule has 0 bridgehead atoms. The van der Waals surface area contributed by atoms with Crippen molar-refractivity contribution in [1.29, 1.82) is 0 Å². The van der Waals surface area contributed by atoms with Crippen molar-refractivity contribution in [1.82, 2.24) is 10.2 Å². The SMILES string of the molecule is CC(C)(C)OC(=O)[C@@H]1CCCN1C[C@@H]1C[C@H](c2ccc(CO)cc2)O[C@H](c2ccc(-c3ccccc3CNC(=O)C(Cl)(Cl)Cl)cc2)O1. The lowest BCUT2D eigenvalue weighted by atomic mass is 9.97. The van der Waals surface area contributed by atoms with Crippen molar-refractivity contribution in [3.63, 3.8) is 0 Å². The maximum absolute atomic E-state index is 13.0. The Morgan fingerprint density at radius 3 is 2.30 bits per heavy atom. The van der Waals surface area contributed by atoms with Crippen LogP contribution < -0.4 is 5.32 Å². The summed E-state index contributed by atoms with van der Waals surface area (Å²) < 4.78 is 16.8. The topological polar surface area (TPSA) is 97.3 Å². The number of hydrogen-bond donors (Lipinski definition) is 2. The molecule has 0 saturated carbocycles. The fourth-order valence-corrected chi connectivity index (χ4v) is 6.23. The second-order valence-electron chi connectivity index (χ2n) is 13.0. The molecule has 2 fully saturated rings. The lowest BCUT2D eigenvalue weighted by Gasteiger charge is -2.38. The van der Waals surface area contributed by atoms with E-state index in [-0.39, 0.29) is 37.4 Å². The van der Waals surface area contributed by atoms with Crippen LogP contribution in [0.3, 0.4) is 0 Å². The number of amides is 1. The largest absolute Gasteiger partial charge is 0.459 e. The highest BCUT2D eigenvalue weighted by Gasteiger charge is 2.39. The van der Waals surface area contributed by atoms with E-state index in [1.54, 1.807) is 0 Å². The summed E-state index contributed by atoms with van der Waals surface area (Å²) >= 11 is 17.2. The van der Waals surface area contributed by atoms with E-state index in [4.69, 9.17) is 49.0 Å². The van der Waals surface area contributed by atoms with Crippen molar-refractivity contribution in [3.05, 3.63) is 95.1 Å². The van der Waals surface area contributed by atoms with E-state index in [9.17, 15) is 14.7 Å². The number of carbonyl (C=O) groups is 2. The van der Waals surface area contributed by atoms with Gasteiger partial charge in [0, 0.05) is 25.1 Å². The zero-order chi connectivity index (χ0) is 33.8. The van der Waals surface area contributed by atoms with Crippen molar-refractivity contribution < 1.29 is 28.9 Å². The second-order valence-corrected chi connectivity index (χ2v) is 15.3. The van der Waals surface area contributed by atoms with Gasteiger partial charge in [-0.1, -0.05) is 108 Å². The second kappa shape index (κ2) is 15.2. The van der Waals surface area contributed by atoms with Gasteiger partial charge in [-0.3, -0.25) is 14.5 Å². The molecule has 252 valence electrons. The Balaban J connectivity index is 1.35. The summed E-state index contributed by atoms with van der Waals surface area (Å²) in [6, 6.07) is 23.1. The minimum atomic E-state index is -2.04. The number of nitrogens with one attached hydrogen (secondary N) is 1. The Morgan fingerprint density at radius 1 is 0.957 bits per heavy atom. The van der Waals surface area contributed by atoms with E-state index in [1.807, 2.05) is 93.6 Å². The van der Waals surface area contributed by atoms with Gasteiger partial charge in [0.15, 0.2) is 6.29 Å². The van der Waals surface area contributed by atoms with Crippen LogP contribution in [0.4, 0.5) is 0 Å². The van der Waals surface area contributed by atoms with Crippen LogP contribution in [0.2, 0.25) is 0 Å². The maximum Gasteiger partial charge on any atom is 0.323 e. The van der Waals surface area contributed by atoms with Crippen LogP contribution >= 0.6 is 34.8 Å². The van der Waals surface area contributed by atoms with E-state index in [0.717, 1.165) is 52.8 Å². The number of aliphatic hydroxyl groups is 1. The average Bonchev–Trinajstić information content (AvgIpc) is 3.51. The zero-order valence-electron chi connectivity index (χ0n) is 26.8. The van der Waals surface area contributed by atoms with Gasteiger partial charge >= 0.3 is 5.97 Å². The average molecular weight is 704 g/mol. The molecule has 47 heavy (non-hydrogen) atoms. The summed E-state index contributed by atoms with van der Waals surface area (Å²) in [6.45, 7) is 7.18. The molecular weight excluding hydrogens is 663 g/mol. The quantitative estimate of drug-likeness (QED) is 0.180. The first-order valence-corrected chi connectivity index (χ1v) is 16.9. The molecule has 2 heterocycles. The number of likely N-dealkylation sites (tertiary alicyclic amines) is 1. The van der Waals surface area contributed by atoms with E-state index in [0.29, 0.717) is 13.0 Å². The molecule has 2 N–H and O–H groups in total. The van der Waals surface area contributed by atoms with Crippen LogP contribution in [-0.2, 0) is 37.0 Å². The van der Waals surface area contributed by atoms with Crippen molar-refractivity contribution in [2.75, 3.05) is 13.1 Å². The zero-order valence-corrected chi connectivity index (χ0v) is 29.0. The third kappa shape index (κ3) is 9.48. The normalized spacial score (nSPS) is 22.2. The first-order valence-electron chi connectivity index (χ1n) is 15.8. The molecule has 8 nitrogen and oxygen atoms in total. The fourth-order valence-electron chi connectivity index (χ4n) is 6.03. The van der Waals surface area contributed by atoms with Gasteiger partial charge in [0.1, 0.15) is 11.6 Å². The minimum Gasteiger partial charge on any atom is -0.459 e. The number of benzene rings is 3. The number of hydrogen-bond acceptors (Lipinski definition) is 7. The van der Waals surface area contributed by atoms with Gasteiger partial charge in [-0.05, 0) is 68.0 Å². The van der Waals surface area contributed by atoms with Crippen LogP contribution in [0.1, 0.15) is 74.7 Å². The van der Waals surface area contributed by atoms with Gasteiger partial charge < -0.3 is 24.6 Å². The summed E-state index contributed by atoms with van der Waals surface area (Å²) in [6.07, 6.45) is 1.17. The third-order valence-corrected chi connectivity index (χ3v) is 8.82. The van der Waals surface area contributed by atoms with Gasteiger partial charge in [-0.25, -0.2) is 0 Å². The summed E-state index contributed by atoms with van der Waals surface area (Å²) in [5.41, 5.74) is 4.85. The monoisotopic (exact) mass is 702 g/mol. The van der Waals surface area contributed by atoms with Crippen LogP contribution in [0, 0.1) is 0 Å². The molecule has 0 unspecified atom stereocenters. The van der Waals surface area contributed by atoms with Gasteiger partial charge in [-0.15, -0.1) is 0 Å². The number of halogens is 3. The summed E-state index contributed by atoms with van der Waals surface area (Å²) in [5, 5.41) is 12.2. The summed E-state index contributed by atoms with van der Waals surface area (Å²) in [4.78, 5) is 27.4. The van der Waals surface area contributed by atoms with Crippen molar-refractivity contribution >= 4 is 46.7 Å². The highest BCUT2D eigenvalue weighted by Crippen LogP contribution is 2.39. The third-order valence-electron chi connectivity index (χ3n) is 8.30. The fraction of sp³-hybridized carbons (Fsp3) is 0.444. The number of alkyl halides is 3. The lowest BCUT2D eigenvalue weighted by Crippen LogP contribution is -2.45. The van der Waals surface area contributed by atoms with E-state index >= 15 is 0 Å². The molecule has 0 spiro atoms. The molecular formula is C36H41Cl3N2O6. The number of esters is 1. The summed E-state index contributed by atoms with van der Waals surface area (Å²) in [7, 11) is 0. The van der Waals surface area contributed by atoms with E-state index in [2.05, 4.69) is 10.2 Å². The molecule has 2 aliphatic rings. The smallest absolute Gasteiger partial charge is 0.323 e. The lowest BCUT2D eigenvalue weighted by molar-refractivity contribution is -0.253. The Labute approximate surface area is 291 Å². The van der Waals surface area contributed by atoms with Gasteiger partial charge in [0.2, 0.25) is 0 Å². The predicted octanol–water partition coefficient (Wildman–Crippen LogP) is 7.18. The number of nitrogens with zero attached hydrogens (tertiary/aromatic N) is 1. The molecule has 0 aromatic heterocycles. The Morgan fingerprint density at radius 2 is 1.64 bits per heavy atom. The first kappa shape index (κ1) is 35.6.